The average Bonchev–Trinajstić information content (AvgIpc) is 3.20. The maximum Gasteiger partial charge on any atom is 0.344 e. The lowest BCUT2D eigenvalue weighted by Crippen LogP contribution is -2.51. The molecule has 0 aromatic carbocycles. The van der Waals surface area contributed by atoms with Gasteiger partial charge in [0.1, 0.15) is 6.10 Å². The van der Waals surface area contributed by atoms with E-state index in [0.717, 1.165) is 64.2 Å². The van der Waals surface area contributed by atoms with E-state index in [1.807, 2.05) is 6.08 Å². The number of esters is 2. The molecule has 0 bridgehead atoms. The van der Waals surface area contributed by atoms with Gasteiger partial charge in [-0.2, -0.15) is 0 Å². The van der Waals surface area contributed by atoms with Crippen molar-refractivity contribution in [3.05, 3.63) is 11.6 Å². The summed E-state index contributed by atoms with van der Waals surface area (Å²) in [7, 11) is 0. The molecular formula is C32H50O5. The summed E-state index contributed by atoms with van der Waals surface area (Å²) >= 11 is 0. The van der Waals surface area contributed by atoms with Crippen LogP contribution in [0.4, 0.5) is 0 Å². The van der Waals surface area contributed by atoms with Crippen molar-refractivity contribution < 1.29 is 23.9 Å². The highest BCUT2D eigenvalue weighted by atomic mass is 16.6. The highest BCUT2D eigenvalue weighted by Gasteiger charge is 2.60. The highest BCUT2D eigenvalue weighted by molar-refractivity contribution is 5.91. The van der Waals surface area contributed by atoms with E-state index in [1.165, 1.54) is 37.7 Å². The lowest BCUT2D eigenvalue weighted by Gasteiger charge is -2.57. The Hall–Kier alpha value is -1.65. The summed E-state index contributed by atoms with van der Waals surface area (Å²) in [4.78, 5) is 36.8. The number of ketones is 1. The van der Waals surface area contributed by atoms with Gasteiger partial charge in [-0.1, -0.05) is 71.3 Å². The van der Waals surface area contributed by atoms with Crippen molar-refractivity contribution in [2.75, 3.05) is 6.61 Å². The first-order valence-electron chi connectivity index (χ1n) is 15.4. The maximum atomic E-state index is 12.6. The van der Waals surface area contributed by atoms with Crippen LogP contribution in [0.15, 0.2) is 11.6 Å². The highest BCUT2D eigenvalue weighted by Crippen LogP contribution is 2.65. The van der Waals surface area contributed by atoms with Gasteiger partial charge in [-0.05, 0) is 80.6 Å². The SMILES string of the molecule is CCCCCCCCCCC(=O)OCC(=O)O[C@H]1CC[C@H]2[C@@H]3CCC4=CC(=O)CC[C@]4(C)[C@H]3CC[C@]12C. The van der Waals surface area contributed by atoms with E-state index in [-0.39, 0.29) is 29.5 Å². The molecule has 5 heteroatoms. The molecule has 0 aromatic heterocycles. The van der Waals surface area contributed by atoms with Gasteiger partial charge in [0.25, 0.3) is 0 Å². The van der Waals surface area contributed by atoms with E-state index in [1.54, 1.807) is 0 Å². The Bertz CT molecular complexity index is 861. The van der Waals surface area contributed by atoms with Crippen LogP contribution in [0.2, 0.25) is 0 Å². The Kier molecular flexibility index (Phi) is 9.56. The van der Waals surface area contributed by atoms with Gasteiger partial charge in [0.15, 0.2) is 12.4 Å². The van der Waals surface area contributed by atoms with Gasteiger partial charge in [-0.15, -0.1) is 0 Å². The molecule has 4 aliphatic carbocycles. The van der Waals surface area contributed by atoms with Crippen molar-refractivity contribution in [3.63, 3.8) is 0 Å². The molecule has 0 unspecified atom stereocenters. The number of hydrogen-bond acceptors (Lipinski definition) is 5. The van der Waals surface area contributed by atoms with E-state index in [4.69, 9.17) is 9.47 Å². The molecule has 0 heterocycles. The first kappa shape index (κ1) is 28.4. The zero-order chi connectivity index (χ0) is 26.5. The molecule has 0 aliphatic heterocycles. The summed E-state index contributed by atoms with van der Waals surface area (Å²) < 4.78 is 11.2. The van der Waals surface area contributed by atoms with Gasteiger partial charge in [-0.3, -0.25) is 9.59 Å². The molecule has 4 aliphatic rings. The first-order chi connectivity index (χ1) is 17.8. The van der Waals surface area contributed by atoms with Crippen LogP contribution in [-0.2, 0) is 23.9 Å². The molecule has 5 nitrogen and oxygen atoms in total. The number of unbranched alkanes of at least 4 members (excludes halogenated alkanes) is 7. The van der Waals surface area contributed by atoms with Crippen molar-refractivity contribution in [3.8, 4) is 0 Å². The number of fused-ring (bicyclic) bond motifs is 5. The maximum absolute atomic E-state index is 12.6. The summed E-state index contributed by atoms with van der Waals surface area (Å²) in [6, 6.07) is 0. The molecule has 6 atom stereocenters. The average molecular weight is 515 g/mol. The number of rotatable bonds is 12. The number of hydrogen-bond donors (Lipinski definition) is 0. The normalized spacial score (nSPS) is 34.7. The second-order valence-electron chi connectivity index (χ2n) is 13.0. The van der Waals surface area contributed by atoms with E-state index in [0.29, 0.717) is 36.4 Å². The van der Waals surface area contributed by atoms with E-state index >= 15 is 0 Å². The fourth-order valence-electron chi connectivity index (χ4n) is 8.51. The quantitative estimate of drug-likeness (QED) is 0.199. The Morgan fingerprint density at radius 3 is 2.35 bits per heavy atom. The molecular weight excluding hydrogens is 464 g/mol. The van der Waals surface area contributed by atoms with E-state index < -0.39 is 5.97 Å². The van der Waals surface area contributed by atoms with E-state index in [2.05, 4.69) is 20.8 Å². The van der Waals surface area contributed by atoms with E-state index in [9.17, 15) is 14.4 Å². The standard InChI is InChI=1S/C32H50O5/c1-4-5-6-7-8-9-10-11-12-29(34)36-22-30(35)37-28-16-15-26-25-14-13-23-21-24(33)17-19-31(23,2)27(25)18-20-32(26,28)3/h21,25-28H,4-20,22H2,1-3H3/t25-,26-,27-,28-,31-,32-/m0/s1. The van der Waals surface area contributed by atoms with Crippen LogP contribution in [-0.4, -0.2) is 30.4 Å². The molecule has 0 radical (unpaired) electrons. The van der Waals surface area contributed by atoms with Gasteiger partial charge in [0.05, 0.1) is 0 Å². The van der Waals surface area contributed by atoms with Gasteiger partial charge in [0, 0.05) is 18.3 Å². The van der Waals surface area contributed by atoms with Gasteiger partial charge in [-0.25, -0.2) is 4.79 Å². The van der Waals surface area contributed by atoms with Crippen LogP contribution in [0.1, 0.15) is 130 Å². The summed E-state index contributed by atoms with van der Waals surface area (Å²) in [6.07, 6.45) is 19.8. The smallest absolute Gasteiger partial charge is 0.344 e. The summed E-state index contributed by atoms with van der Waals surface area (Å²) in [5, 5.41) is 0. The second kappa shape index (κ2) is 12.5. The van der Waals surface area contributed by atoms with Gasteiger partial charge >= 0.3 is 11.9 Å². The van der Waals surface area contributed by atoms with Crippen LogP contribution in [0, 0.1) is 28.6 Å². The minimum absolute atomic E-state index is 0.0000280. The largest absolute Gasteiger partial charge is 0.459 e. The topological polar surface area (TPSA) is 69.7 Å². The lowest BCUT2D eigenvalue weighted by molar-refractivity contribution is -0.169. The molecule has 0 N–H and O–H groups in total. The van der Waals surface area contributed by atoms with Crippen LogP contribution >= 0.6 is 0 Å². The van der Waals surface area contributed by atoms with Crippen LogP contribution in [0.3, 0.4) is 0 Å². The molecule has 0 amide bonds. The van der Waals surface area contributed by atoms with Crippen molar-refractivity contribution in [1.29, 1.82) is 0 Å². The van der Waals surface area contributed by atoms with Crippen molar-refractivity contribution >= 4 is 17.7 Å². The number of allylic oxidation sites excluding steroid dienone is 1. The molecule has 3 saturated carbocycles. The van der Waals surface area contributed by atoms with Crippen molar-refractivity contribution in [2.24, 2.45) is 28.6 Å². The van der Waals surface area contributed by atoms with Gasteiger partial charge in [0.2, 0.25) is 0 Å². The van der Waals surface area contributed by atoms with Crippen LogP contribution in [0.25, 0.3) is 0 Å². The zero-order valence-corrected chi connectivity index (χ0v) is 23.7. The summed E-state index contributed by atoms with van der Waals surface area (Å²) in [6.45, 7) is 6.69. The van der Waals surface area contributed by atoms with Gasteiger partial charge < -0.3 is 9.47 Å². The summed E-state index contributed by atoms with van der Waals surface area (Å²) in [5.74, 6) is 1.45. The molecule has 0 aromatic rings. The molecule has 37 heavy (non-hydrogen) atoms. The first-order valence-corrected chi connectivity index (χ1v) is 15.4. The number of carbonyl (C=O) groups excluding carboxylic acids is 3. The third kappa shape index (κ3) is 6.33. The Balaban J connectivity index is 1.20. The third-order valence-electron chi connectivity index (χ3n) is 10.7. The minimum Gasteiger partial charge on any atom is -0.459 e. The zero-order valence-electron chi connectivity index (χ0n) is 23.7. The molecule has 0 saturated heterocycles. The lowest BCUT2D eigenvalue weighted by atomic mass is 9.47. The fourth-order valence-corrected chi connectivity index (χ4v) is 8.51. The monoisotopic (exact) mass is 514 g/mol. The second-order valence-corrected chi connectivity index (χ2v) is 13.0. The molecule has 0 spiro atoms. The predicted molar refractivity (Wildman–Crippen MR) is 145 cm³/mol. The molecule has 3 fully saturated rings. The van der Waals surface area contributed by atoms with Crippen LogP contribution in [0.5, 0.6) is 0 Å². The number of ether oxygens (including phenoxy) is 2. The molecule has 4 rings (SSSR count). The molecule has 208 valence electrons. The minimum atomic E-state index is -0.398. The fraction of sp³-hybridized carbons (Fsp3) is 0.844. The number of carbonyl (C=O) groups is 3. The third-order valence-corrected chi connectivity index (χ3v) is 10.7. The Labute approximate surface area is 224 Å². The summed E-state index contributed by atoms with van der Waals surface area (Å²) in [5.41, 5.74) is 1.55. The predicted octanol–water partition coefficient (Wildman–Crippen LogP) is 7.50. The van der Waals surface area contributed by atoms with Crippen molar-refractivity contribution in [2.45, 2.75) is 136 Å². The van der Waals surface area contributed by atoms with Crippen molar-refractivity contribution in [1.82, 2.24) is 0 Å². The Morgan fingerprint density at radius 1 is 0.865 bits per heavy atom. The Morgan fingerprint density at radius 2 is 1.59 bits per heavy atom. The van der Waals surface area contributed by atoms with Crippen LogP contribution < -0.4 is 0 Å².